The van der Waals surface area contributed by atoms with Crippen molar-refractivity contribution < 1.29 is 9.90 Å². The van der Waals surface area contributed by atoms with Crippen LogP contribution in [0.4, 0.5) is 5.69 Å². The predicted octanol–water partition coefficient (Wildman–Crippen LogP) is 2.67. The van der Waals surface area contributed by atoms with Crippen LogP contribution < -0.4 is 5.32 Å². The molecule has 0 unspecified atom stereocenters. The lowest BCUT2D eigenvalue weighted by Gasteiger charge is -2.07. The molecule has 2 aromatic carbocycles. The molecule has 19 heavy (non-hydrogen) atoms. The van der Waals surface area contributed by atoms with Crippen LogP contribution in [-0.2, 0) is 17.8 Å². The van der Waals surface area contributed by atoms with Crippen molar-refractivity contribution in [2.45, 2.75) is 20.0 Å². The summed E-state index contributed by atoms with van der Waals surface area (Å²) in [5.41, 5.74) is 3.73. The Morgan fingerprint density at radius 1 is 1.11 bits per heavy atom. The maximum absolute atomic E-state index is 11.9. The first-order valence-electron chi connectivity index (χ1n) is 6.23. The molecule has 0 spiro atoms. The first-order chi connectivity index (χ1) is 9.19. The molecule has 0 radical (unpaired) electrons. The fourth-order valence-corrected chi connectivity index (χ4v) is 1.88. The van der Waals surface area contributed by atoms with E-state index in [2.05, 4.69) is 5.32 Å². The van der Waals surface area contributed by atoms with Crippen LogP contribution >= 0.6 is 0 Å². The van der Waals surface area contributed by atoms with Crippen LogP contribution in [0.5, 0.6) is 0 Å². The van der Waals surface area contributed by atoms with Crippen LogP contribution in [0.15, 0.2) is 48.5 Å². The van der Waals surface area contributed by atoms with Gasteiger partial charge in [0.25, 0.3) is 0 Å². The van der Waals surface area contributed by atoms with Crippen LogP contribution in [0.3, 0.4) is 0 Å². The summed E-state index contributed by atoms with van der Waals surface area (Å²) in [7, 11) is 0. The SMILES string of the molecule is Cc1ccccc1CC(=O)Nc1ccc(CO)cc1. The van der Waals surface area contributed by atoms with E-state index >= 15 is 0 Å². The molecule has 0 saturated carbocycles. The molecule has 0 heterocycles. The number of aliphatic hydroxyl groups is 1. The van der Waals surface area contributed by atoms with Crippen molar-refractivity contribution in [2.75, 3.05) is 5.32 Å². The van der Waals surface area contributed by atoms with Crippen LogP contribution in [0.1, 0.15) is 16.7 Å². The van der Waals surface area contributed by atoms with Gasteiger partial charge in [0.2, 0.25) is 5.91 Å². The number of aryl methyl sites for hydroxylation is 1. The van der Waals surface area contributed by atoms with Crippen molar-refractivity contribution >= 4 is 11.6 Å². The molecule has 3 nitrogen and oxygen atoms in total. The highest BCUT2D eigenvalue weighted by Gasteiger charge is 2.05. The molecule has 2 N–H and O–H groups in total. The average molecular weight is 255 g/mol. The number of benzene rings is 2. The van der Waals surface area contributed by atoms with Gasteiger partial charge in [-0.25, -0.2) is 0 Å². The zero-order chi connectivity index (χ0) is 13.7. The van der Waals surface area contributed by atoms with Crippen molar-refractivity contribution in [2.24, 2.45) is 0 Å². The average Bonchev–Trinajstić information content (AvgIpc) is 2.42. The van der Waals surface area contributed by atoms with Gasteiger partial charge in [0.1, 0.15) is 0 Å². The maximum Gasteiger partial charge on any atom is 0.228 e. The van der Waals surface area contributed by atoms with Crippen molar-refractivity contribution in [3.63, 3.8) is 0 Å². The molecule has 0 aromatic heterocycles. The highest BCUT2D eigenvalue weighted by molar-refractivity contribution is 5.92. The molecule has 98 valence electrons. The maximum atomic E-state index is 11.9. The van der Waals surface area contributed by atoms with E-state index in [0.717, 1.165) is 22.4 Å². The number of hydrogen-bond acceptors (Lipinski definition) is 2. The Hall–Kier alpha value is -2.13. The van der Waals surface area contributed by atoms with E-state index in [1.807, 2.05) is 31.2 Å². The Balaban J connectivity index is 1.99. The molecule has 0 atom stereocenters. The first-order valence-corrected chi connectivity index (χ1v) is 6.23. The Morgan fingerprint density at radius 2 is 1.79 bits per heavy atom. The molecule has 0 fully saturated rings. The van der Waals surface area contributed by atoms with E-state index in [0.29, 0.717) is 6.42 Å². The molecule has 1 amide bonds. The summed E-state index contributed by atoms with van der Waals surface area (Å²) < 4.78 is 0. The van der Waals surface area contributed by atoms with Crippen LogP contribution in [0, 0.1) is 6.92 Å². The Labute approximate surface area is 112 Å². The number of hydrogen-bond donors (Lipinski definition) is 2. The monoisotopic (exact) mass is 255 g/mol. The van der Waals surface area contributed by atoms with Crippen LogP contribution in [-0.4, -0.2) is 11.0 Å². The summed E-state index contributed by atoms with van der Waals surface area (Å²) in [5, 5.41) is 11.8. The van der Waals surface area contributed by atoms with Crippen LogP contribution in [0.25, 0.3) is 0 Å². The highest BCUT2D eigenvalue weighted by Crippen LogP contribution is 2.12. The molecule has 2 aromatic rings. The molecular formula is C16H17NO2. The minimum atomic E-state index is -0.0361. The minimum absolute atomic E-state index is 0.0113. The molecule has 0 aliphatic carbocycles. The largest absolute Gasteiger partial charge is 0.392 e. The molecule has 0 aliphatic heterocycles. The number of carbonyl (C=O) groups excluding carboxylic acids is 1. The number of carbonyl (C=O) groups is 1. The fraction of sp³-hybridized carbons (Fsp3) is 0.188. The smallest absolute Gasteiger partial charge is 0.228 e. The molecule has 0 aliphatic rings. The van der Waals surface area contributed by atoms with Gasteiger partial charge in [-0.1, -0.05) is 36.4 Å². The number of anilines is 1. The third kappa shape index (κ3) is 3.66. The number of rotatable bonds is 4. The van der Waals surface area contributed by atoms with Gasteiger partial charge in [-0.2, -0.15) is 0 Å². The molecule has 2 rings (SSSR count). The second kappa shape index (κ2) is 6.16. The van der Waals surface area contributed by atoms with Gasteiger partial charge < -0.3 is 10.4 Å². The fourth-order valence-electron chi connectivity index (χ4n) is 1.88. The zero-order valence-electron chi connectivity index (χ0n) is 10.9. The standard InChI is InChI=1S/C16H17NO2/c1-12-4-2-3-5-14(12)10-16(19)17-15-8-6-13(11-18)7-9-15/h2-9,18H,10-11H2,1H3,(H,17,19). The third-order valence-electron chi connectivity index (χ3n) is 3.03. The lowest BCUT2D eigenvalue weighted by Crippen LogP contribution is -2.14. The van der Waals surface area contributed by atoms with Gasteiger partial charge in [-0.15, -0.1) is 0 Å². The lowest BCUT2D eigenvalue weighted by molar-refractivity contribution is -0.115. The summed E-state index contributed by atoms with van der Waals surface area (Å²) in [5.74, 6) is -0.0361. The summed E-state index contributed by atoms with van der Waals surface area (Å²) in [6, 6.07) is 15.0. The number of aliphatic hydroxyl groups excluding tert-OH is 1. The summed E-state index contributed by atoms with van der Waals surface area (Å²) >= 11 is 0. The second-order valence-corrected chi connectivity index (χ2v) is 4.51. The quantitative estimate of drug-likeness (QED) is 0.882. The van der Waals surface area contributed by atoms with Crippen molar-refractivity contribution in [3.8, 4) is 0 Å². The van der Waals surface area contributed by atoms with Gasteiger partial charge in [-0.3, -0.25) is 4.79 Å². The molecule has 3 heteroatoms. The molecular weight excluding hydrogens is 238 g/mol. The van der Waals surface area contributed by atoms with Crippen molar-refractivity contribution in [1.29, 1.82) is 0 Å². The van der Waals surface area contributed by atoms with E-state index < -0.39 is 0 Å². The Morgan fingerprint density at radius 3 is 2.42 bits per heavy atom. The zero-order valence-corrected chi connectivity index (χ0v) is 10.9. The Bertz CT molecular complexity index is 561. The molecule has 0 bridgehead atoms. The summed E-state index contributed by atoms with van der Waals surface area (Å²) in [6.07, 6.45) is 0.369. The second-order valence-electron chi connectivity index (χ2n) is 4.51. The lowest BCUT2D eigenvalue weighted by atomic mass is 10.1. The van der Waals surface area contributed by atoms with Gasteiger partial charge in [-0.05, 0) is 35.7 Å². The van der Waals surface area contributed by atoms with Gasteiger partial charge in [0, 0.05) is 5.69 Å². The Kier molecular flexibility index (Phi) is 4.31. The minimum Gasteiger partial charge on any atom is -0.392 e. The van der Waals surface area contributed by atoms with Gasteiger partial charge in [0.05, 0.1) is 13.0 Å². The normalized spacial score (nSPS) is 10.2. The van der Waals surface area contributed by atoms with E-state index in [-0.39, 0.29) is 12.5 Å². The third-order valence-corrected chi connectivity index (χ3v) is 3.03. The van der Waals surface area contributed by atoms with Crippen molar-refractivity contribution in [1.82, 2.24) is 0 Å². The van der Waals surface area contributed by atoms with Gasteiger partial charge >= 0.3 is 0 Å². The van der Waals surface area contributed by atoms with Crippen molar-refractivity contribution in [3.05, 3.63) is 65.2 Å². The summed E-state index contributed by atoms with van der Waals surface area (Å²) in [6.45, 7) is 2.01. The highest BCUT2D eigenvalue weighted by atomic mass is 16.3. The molecule has 0 saturated heterocycles. The van der Waals surface area contributed by atoms with E-state index in [1.54, 1.807) is 24.3 Å². The first kappa shape index (κ1) is 13.3. The number of amides is 1. The van der Waals surface area contributed by atoms with Crippen LogP contribution in [0.2, 0.25) is 0 Å². The van der Waals surface area contributed by atoms with E-state index in [4.69, 9.17) is 5.11 Å². The number of nitrogens with one attached hydrogen (secondary N) is 1. The topological polar surface area (TPSA) is 49.3 Å². The van der Waals surface area contributed by atoms with Gasteiger partial charge in [0.15, 0.2) is 0 Å². The predicted molar refractivity (Wildman–Crippen MR) is 75.9 cm³/mol. The summed E-state index contributed by atoms with van der Waals surface area (Å²) in [4.78, 5) is 11.9. The van der Waals surface area contributed by atoms with E-state index in [9.17, 15) is 4.79 Å². The van der Waals surface area contributed by atoms with E-state index in [1.165, 1.54) is 0 Å².